The molecule has 0 aromatic carbocycles. The van der Waals surface area contributed by atoms with Crippen LogP contribution in [0.1, 0.15) is 73.1 Å². The molecule has 0 spiro atoms. The van der Waals surface area contributed by atoms with Crippen LogP contribution in [-0.2, 0) is 47.9 Å². The Bertz CT molecular complexity index is 1390. The molecule has 52 heavy (non-hydrogen) atoms. The molecule has 0 aliphatic carbocycles. The van der Waals surface area contributed by atoms with Crippen molar-refractivity contribution in [3.05, 3.63) is 0 Å². The van der Waals surface area contributed by atoms with Crippen molar-refractivity contribution in [2.24, 2.45) is 29.0 Å². The minimum atomic E-state index is -1.72. The number of carboxylic acids is 2. The minimum absolute atomic E-state index is 0.0457. The summed E-state index contributed by atoms with van der Waals surface area (Å²) in [5.74, 6) is -11.3. The Morgan fingerprint density at radius 2 is 1.29 bits per heavy atom. The smallest absolute Gasteiger partial charge is 0.326 e. The van der Waals surface area contributed by atoms with Crippen molar-refractivity contribution in [2.75, 3.05) is 6.54 Å². The SMILES string of the molecule is CC[C@H](C)[C@H](NC(=O)C(N)CC(N)=O)C(=O)N[C@@H](CC(=O)O)C(=O)N1CCC[C@H]1C(=O)N[C@@H](CC(N)=O)C(=O)N[C@@H](C)C(=O)N[C@H](C(=O)O)C(C)C. The molecule has 1 saturated heterocycles. The topological polar surface area (TPSA) is 353 Å². The van der Waals surface area contributed by atoms with Gasteiger partial charge in [0.1, 0.15) is 36.3 Å². The first-order valence-corrected chi connectivity index (χ1v) is 16.7. The third-order valence-corrected chi connectivity index (χ3v) is 8.40. The van der Waals surface area contributed by atoms with Gasteiger partial charge >= 0.3 is 11.9 Å². The van der Waals surface area contributed by atoms with Gasteiger partial charge in [-0.15, -0.1) is 0 Å². The van der Waals surface area contributed by atoms with E-state index in [-0.39, 0.29) is 19.4 Å². The summed E-state index contributed by atoms with van der Waals surface area (Å²) in [6, 6.07) is -9.90. The maximum Gasteiger partial charge on any atom is 0.326 e. The Morgan fingerprint density at radius 1 is 0.712 bits per heavy atom. The second kappa shape index (κ2) is 20.5. The number of carboxylic acid groups (broad SMARTS) is 2. The first-order chi connectivity index (χ1) is 24.1. The molecular formula is C31H51N9O12. The van der Waals surface area contributed by atoms with Gasteiger partial charge in [-0.05, 0) is 31.6 Å². The van der Waals surface area contributed by atoms with Crippen LogP contribution in [0.3, 0.4) is 0 Å². The zero-order valence-electron chi connectivity index (χ0n) is 29.8. The van der Waals surface area contributed by atoms with E-state index in [2.05, 4.69) is 26.6 Å². The molecule has 8 atom stereocenters. The highest BCUT2D eigenvalue weighted by Gasteiger charge is 2.41. The summed E-state index contributed by atoms with van der Waals surface area (Å²) in [5, 5.41) is 30.6. The first kappa shape index (κ1) is 44.7. The van der Waals surface area contributed by atoms with Crippen molar-refractivity contribution in [3.63, 3.8) is 0 Å². The van der Waals surface area contributed by atoms with Gasteiger partial charge < -0.3 is 58.9 Å². The number of carbonyl (C=O) groups is 10. The first-order valence-electron chi connectivity index (χ1n) is 16.7. The van der Waals surface area contributed by atoms with Crippen LogP contribution in [0.25, 0.3) is 0 Å². The molecule has 0 bridgehead atoms. The van der Waals surface area contributed by atoms with Gasteiger partial charge in [0.15, 0.2) is 0 Å². The van der Waals surface area contributed by atoms with Crippen LogP contribution in [0.15, 0.2) is 0 Å². The van der Waals surface area contributed by atoms with Crippen LogP contribution < -0.4 is 43.8 Å². The number of nitrogens with two attached hydrogens (primary N) is 3. The number of amides is 8. The van der Waals surface area contributed by atoms with Gasteiger partial charge in [0.25, 0.3) is 0 Å². The van der Waals surface area contributed by atoms with Gasteiger partial charge in [-0.2, -0.15) is 0 Å². The number of nitrogens with one attached hydrogen (secondary N) is 5. The van der Waals surface area contributed by atoms with Gasteiger partial charge in [0.2, 0.25) is 47.3 Å². The average molecular weight is 742 g/mol. The third kappa shape index (κ3) is 13.8. The average Bonchev–Trinajstić information content (AvgIpc) is 3.53. The van der Waals surface area contributed by atoms with E-state index in [0.717, 1.165) is 4.90 Å². The number of likely N-dealkylation sites (tertiary alicyclic amines) is 1. The Labute approximate surface area is 299 Å². The van der Waals surface area contributed by atoms with E-state index in [1.807, 2.05) is 0 Å². The van der Waals surface area contributed by atoms with Gasteiger partial charge in [0.05, 0.1) is 25.3 Å². The molecule has 1 fully saturated rings. The standard InChI is InChI=1S/C31H51N9O12/c1-6-14(4)24(39-26(46)16(32)10-20(33)41)29(49)37-18(12-22(43)44)30(50)40-9-7-8-19(40)28(48)36-17(11-21(34)42)27(47)35-15(5)25(45)38-23(13(2)3)31(51)52/h13-19,23-24H,6-12,32H2,1-5H3,(H2,33,41)(H2,34,42)(H,35,47)(H,36,48)(H,37,49)(H,38,45)(H,39,46)(H,43,44)(H,51,52)/t14-,15-,16?,17-,18-,19-,23-,24-/m0/s1. The maximum absolute atomic E-state index is 13.7. The van der Waals surface area contributed by atoms with Crippen LogP contribution in [0.5, 0.6) is 0 Å². The zero-order valence-corrected chi connectivity index (χ0v) is 29.8. The van der Waals surface area contributed by atoms with Crippen molar-refractivity contribution >= 4 is 59.2 Å². The van der Waals surface area contributed by atoms with E-state index < -0.39 is 133 Å². The highest BCUT2D eigenvalue weighted by atomic mass is 16.4. The van der Waals surface area contributed by atoms with E-state index in [9.17, 15) is 58.2 Å². The molecule has 1 aliphatic heterocycles. The van der Waals surface area contributed by atoms with Crippen molar-refractivity contribution in [1.82, 2.24) is 31.5 Å². The highest BCUT2D eigenvalue weighted by molar-refractivity contribution is 5.99. The molecule has 292 valence electrons. The number of primary amides is 2. The number of hydrogen-bond donors (Lipinski definition) is 10. The molecule has 1 rings (SSSR count). The van der Waals surface area contributed by atoms with Gasteiger partial charge in [-0.25, -0.2) is 4.79 Å². The number of aliphatic carboxylic acids is 2. The third-order valence-electron chi connectivity index (χ3n) is 8.40. The summed E-state index contributed by atoms with van der Waals surface area (Å²) in [7, 11) is 0. The Kier molecular flexibility index (Phi) is 17.6. The van der Waals surface area contributed by atoms with E-state index >= 15 is 0 Å². The predicted octanol–water partition coefficient (Wildman–Crippen LogP) is -4.24. The Hall–Kier alpha value is -5.34. The molecule has 8 amide bonds. The number of hydrogen-bond acceptors (Lipinski definition) is 11. The predicted molar refractivity (Wildman–Crippen MR) is 180 cm³/mol. The summed E-state index contributed by atoms with van der Waals surface area (Å²) in [6.07, 6.45) is -1.50. The quantitative estimate of drug-likeness (QED) is 0.0534. The van der Waals surface area contributed by atoms with Crippen LogP contribution in [0.2, 0.25) is 0 Å². The lowest BCUT2D eigenvalue weighted by molar-refractivity contribution is -0.146. The molecule has 13 N–H and O–H groups in total. The maximum atomic E-state index is 13.7. The van der Waals surface area contributed by atoms with E-state index in [1.54, 1.807) is 27.7 Å². The second-order valence-corrected chi connectivity index (χ2v) is 13.0. The normalized spacial score (nSPS) is 18.0. The number of carbonyl (C=O) groups excluding carboxylic acids is 8. The fourth-order valence-electron chi connectivity index (χ4n) is 5.26. The van der Waals surface area contributed by atoms with Crippen molar-refractivity contribution in [1.29, 1.82) is 0 Å². The van der Waals surface area contributed by atoms with Gasteiger partial charge in [0, 0.05) is 6.54 Å². The molecule has 0 aromatic heterocycles. The van der Waals surface area contributed by atoms with E-state index in [4.69, 9.17) is 17.2 Å². The number of nitrogens with zero attached hydrogens (tertiary/aromatic N) is 1. The fraction of sp³-hybridized carbons (Fsp3) is 0.677. The van der Waals surface area contributed by atoms with E-state index in [1.165, 1.54) is 6.92 Å². The summed E-state index contributed by atoms with van der Waals surface area (Å²) in [4.78, 5) is 126. The minimum Gasteiger partial charge on any atom is -0.481 e. The van der Waals surface area contributed by atoms with Crippen LogP contribution in [0.4, 0.5) is 0 Å². The molecule has 1 heterocycles. The summed E-state index contributed by atoms with van der Waals surface area (Å²) >= 11 is 0. The largest absolute Gasteiger partial charge is 0.481 e. The van der Waals surface area contributed by atoms with Gasteiger partial charge in [-0.3, -0.25) is 43.2 Å². The van der Waals surface area contributed by atoms with Crippen molar-refractivity contribution in [2.45, 2.75) is 115 Å². The lowest BCUT2D eigenvalue weighted by atomic mass is 9.97. The van der Waals surface area contributed by atoms with Crippen LogP contribution in [-0.4, -0.2) is 123 Å². The summed E-state index contributed by atoms with van der Waals surface area (Å²) < 4.78 is 0. The number of rotatable bonds is 21. The molecule has 1 aliphatic rings. The van der Waals surface area contributed by atoms with Crippen LogP contribution >= 0.6 is 0 Å². The Morgan fingerprint density at radius 3 is 1.79 bits per heavy atom. The van der Waals surface area contributed by atoms with Gasteiger partial charge in [-0.1, -0.05) is 34.1 Å². The lowest BCUT2D eigenvalue weighted by Crippen LogP contribution is -2.60. The summed E-state index contributed by atoms with van der Waals surface area (Å²) in [5.41, 5.74) is 16.1. The van der Waals surface area contributed by atoms with Crippen molar-refractivity contribution < 1.29 is 58.2 Å². The molecule has 0 radical (unpaired) electrons. The van der Waals surface area contributed by atoms with Crippen molar-refractivity contribution in [3.8, 4) is 0 Å². The second-order valence-electron chi connectivity index (χ2n) is 13.0. The monoisotopic (exact) mass is 741 g/mol. The molecular weight excluding hydrogens is 690 g/mol. The fourth-order valence-corrected chi connectivity index (χ4v) is 5.26. The zero-order chi connectivity index (χ0) is 40.0. The Balaban J connectivity index is 3.19. The molecule has 0 saturated carbocycles. The van der Waals surface area contributed by atoms with E-state index in [0.29, 0.717) is 6.42 Å². The molecule has 21 heteroatoms. The molecule has 21 nitrogen and oxygen atoms in total. The van der Waals surface area contributed by atoms with Crippen LogP contribution in [0, 0.1) is 11.8 Å². The lowest BCUT2D eigenvalue weighted by Gasteiger charge is -2.31. The summed E-state index contributed by atoms with van der Waals surface area (Å²) in [6.45, 7) is 7.62. The highest BCUT2D eigenvalue weighted by Crippen LogP contribution is 2.20. The molecule has 1 unspecified atom stereocenters. The molecule has 0 aromatic rings.